The predicted molar refractivity (Wildman–Crippen MR) is 107 cm³/mol. The smallest absolute Gasteiger partial charge is 0.225 e. The lowest BCUT2D eigenvalue weighted by molar-refractivity contribution is -0.133. The third kappa shape index (κ3) is 6.05. The molecule has 2 atom stereocenters. The molecule has 0 spiro atoms. The zero-order valence-corrected chi connectivity index (χ0v) is 17.0. The Labute approximate surface area is 162 Å². The molecule has 1 saturated heterocycles. The van der Waals surface area contributed by atoms with E-state index in [1.807, 2.05) is 49.9 Å². The maximum atomic E-state index is 12.1. The van der Waals surface area contributed by atoms with Gasteiger partial charge in [0.1, 0.15) is 6.10 Å². The molecule has 27 heavy (non-hydrogen) atoms. The van der Waals surface area contributed by atoms with Gasteiger partial charge in [0.05, 0.1) is 13.7 Å². The number of guanidine groups is 1. The average Bonchev–Trinajstić information content (AvgIpc) is 3.13. The van der Waals surface area contributed by atoms with Crippen LogP contribution in [0.3, 0.4) is 0 Å². The van der Waals surface area contributed by atoms with Crippen LogP contribution in [0, 0.1) is 5.92 Å². The molecule has 7 nitrogen and oxygen atoms in total. The van der Waals surface area contributed by atoms with Crippen LogP contribution in [0.25, 0.3) is 0 Å². The maximum absolute atomic E-state index is 12.1. The number of nitrogens with one attached hydrogen (secondary N) is 2. The third-order valence-corrected chi connectivity index (χ3v) is 4.51. The van der Waals surface area contributed by atoms with Gasteiger partial charge in [-0.15, -0.1) is 0 Å². The van der Waals surface area contributed by atoms with Gasteiger partial charge < -0.3 is 25.0 Å². The molecule has 2 N–H and O–H groups in total. The molecule has 2 rings (SSSR count). The van der Waals surface area contributed by atoms with Crippen LogP contribution in [-0.4, -0.2) is 62.7 Å². The Hall–Kier alpha value is -2.44. The standard InChI is InChI=1S/C20H32N4O3/c1-14(2)19(25)24-11-10-16(13-24)23-20(21-4)22-12-15(3)27-18-9-7-6-8-17(18)26-5/h6-9,14-16H,10-13H2,1-5H3,(H2,21,22,23). The molecular weight excluding hydrogens is 344 g/mol. The van der Waals surface area contributed by atoms with Crippen molar-refractivity contribution in [2.24, 2.45) is 10.9 Å². The van der Waals surface area contributed by atoms with Crippen molar-refractivity contribution in [3.05, 3.63) is 24.3 Å². The van der Waals surface area contributed by atoms with Crippen LogP contribution in [0.2, 0.25) is 0 Å². The molecule has 1 amide bonds. The molecule has 2 unspecified atom stereocenters. The molecule has 7 heteroatoms. The van der Waals surface area contributed by atoms with Crippen molar-refractivity contribution < 1.29 is 14.3 Å². The Balaban J connectivity index is 1.79. The van der Waals surface area contributed by atoms with Crippen LogP contribution in [0.4, 0.5) is 0 Å². The molecule has 1 heterocycles. The number of hydrogen-bond acceptors (Lipinski definition) is 4. The number of carbonyl (C=O) groups excluding carboxylic acids is 1. The molecule has 1 aromatic rings. The number of benzene rings is 1. The van der Waals surface area contributed by atoms with E-state index in [1.165, 1.54) is 0 Å². The normalized spacial score (nSPS) is 18.4. The number of ether oxygens (including phenoxy) is 2. The zero-order valence-electron chi connectivity index (χ0n) is 17.0. The van der Waals surface area contributed by atoms with Crippen molar-refractivity contribution in [3.63, 3.8) is 0 Å². The number of hydrogen-bond donors (Lipinski definition) is 2. The van der Waals surface area contributed by atoms with E-state index < -0.39 is 0 Å². The van der Waals surface area contributed by atoms with Gasteiger partial charge in [-0.3, -0.25) is 9.79 Å². The summed E-state index contributed by atoms with van der Waals surface area (Å²) >= 11 is 0. The maximum Gasteiger partial charge on any atom is 0.225 e. The molecule has 0 saturated carbocycles. The fourth-order valence-electron chi connectivity index (χ4n) is 3.05. The van der Waals surface area contributed by atoms with Gasteiger partial charge in [0, 0.05) is 32.1 Å². The van der Waals surface area contributed by atoms with Crippen molar-refractivity contribution in [3.8, 4) is 11.5 Å². The molecule has 1 fully saturated rings. The molecule has 150 valence electrons. The van der Waals surface area contributed by atoms with Crippen LogP contribution in [-0.2, 0) is 4.79 Å². The quantitative estimate of drug-likeness (QED) is 0.561. The number of nitrogens with zero attached hydrogens (tertiary/aromatic N) is 2. The predicted octanol–water partition coefficient (Wildman–Crippen LogP) is 1.88. The van der Waals surface area contributed by atoms with E-state index in [-0.39, 0.29) is 24.0 Å². The van der Waals surface area contributed by atoms with Gasteiger partial charge in [-0.2, -0.15) is 0 Å². The number of carbonyl (C=O) groups is 1. The van der Waals surface area contributed by atoms with Crippen molar-refractivity contribution >= 4 is 11.9 Å². The van der Waals surface area contributed by atoms with E-state index in [4.69, 9.17) is 9.47 Å². The van der Waals surface area contributed by atoms with Crippen LogP contribution in [0.15, 0.2) is 29.3 Å². The largest absolute Gasteiger partial charge is 0.493 e. The first-order valence-corrected chi connectivity index (χ1v) is 9.50. The highest BCUT2D eigenvalue weighted by Crippen LogP contribution is 2.26. The molecule has 0 radical (unpaired) electrons. The summed E-state index contributed by atoms with van der Waals surface area (Å²) in [6, 6.07) is 7.81. The number of para-hydroxylation sites is 2. The van der Waals surface area contributed by atoms with Crippen molar-refractivity contribution in [2.75, 3.05) is 33.8 Å². The highest BCUT2D eigenvalue weighted by atomic mass is 16.5. The summed E-state index contributed by atoms with van der Waals surface area (Å²) in [4.78, 5) is 18.3. The number of rotatable bonds is 7. The van der Waals surface area contributed by atoms with E-state index in [2.05, 4.69) is 15.6 Å². The summed E-state index contributed by atoms with van der Waals surface area (Å²) in [6.07, 6.45) is 0.856. The van der Waals surface area contributed by atoms with E-state index in [9.17, 15) is 4.79 Å². The van der Waals surface area contributed by atoms with E-state index in [0.29, 0.717) is 24.8 Å². The molecule has 1 aliphatic rings. The molecule has 0 aromatic heterocycles. The summed E-state index contributed by atoms with van der Waals surface area (Å²) < 4.78 is 11.3. The van der Waals surface area contributed by atoms with Gasteiger partial charge in [-0.1, -0.05) is 26.0 Å². The minimum Gasteiger partial charge on any atom is -0.493 e. The van der Waals surface area contributed by atoms with E-state index in [1.54, 1.807) is 14.2 Å². The Bertz CT molecular complexity index is 648. The number of likely N-dealkylation sites (tertiary alicyclic amines) is 1. The fraction of sp³-hybridized carbons (Fsp3) is 0.600. The summed E-state index contributed by atoms with van der Waals surface area (Å²) in [5, 5.41) is 6.69. The monoisotopic (exact) mass is 376 g/mol. The Kier molecular flexibility index (Phi) is 7.76. The van der Waals surface area contributed by atoms with Crippen molar-refractivity contribution in [1.82, 2.24) is 15.5 Å². The fourth-order valence-corrected chi connectivity index (χ4v) is 3.05. The van der Waals surface area contributed by atoms with Gasteiger partial charge in [-0.25, -0.2) is 0 Å². The van der Waals surface area contributed by atoms with Crippen LogP contribution >= 0.6 is 0 Å². The average molecular weight is 377 g/mol. The van der Waals surface area contributed by atoms with Gasteiger partial charge in [-0.05, 0) is 25.5 Å². The van der Waals surface area contributed by atoms with Crippen LogP contribution < -0.4 is 20.1 Å². The van der Waals surface area contributed by atoms with E-state index >= 15 is 0 Å². The highest BCUT2D eigenvalue weighted by molar-refractivity contribution is 5.81. The molecular formula is C20H32N4O3. The van der Waals surface area contributed by atoms with Gasteiger partial charge in [0.2, 0.25) is 5.91 Å². The van der Waals surface area contributed by atoms with E-state index in [0.717, 1.165) is 18.7 Å². The van der Waals surface area contributed by atoms with Crippen LogP contribution in [0.1, 0.15) is 27.2 Å². The summed E-state index contributed by atoms with van der Waals surface area (Å²) in [6.45, 7) is 7.97. The lowest BCUT2D eigenvalue weighted by atomic mass is 10.2. The zero-order chi connectivity index (χ0) is 19.8. The van der Waals surface area contributed by atoms with Crippen molar-refractivity contribution in [2.45, 2.75) is 39.3 Å². The molecule has 0 aliphatic carbocycles. The van der Waals surface area contributed by atoms with Gasteiger partial charge >= 0.3 is 0 Å². The number of amides is 1. The number of methoxy groups -OCH3 is 1. The minimum atomic E-state index is -0.0672. The first-order chi connectivity index (χ1) is 12.9. The third-order valence-electron chi connectivity index (χ3n) is 4.51. The lowest BCUT2D eigenvalue weighted by Gasteiger charge is -2.22. The second kappa shape index (κ2) is 10.0. The Morgan fingerprint density at radius 3 is 2.63 bits per heavy atom. The number of aliphatic imine (C=N–C) groups is 1. The summed E-state index contributed by atoms with van der Waals surface area (Å²) in [5.74, 6) is 2.40. The minimum absolute atomic E-state index is 0.0363. The Morgan fingerprint density at radius 2 is 2.00 bits per heavy atom. The Morgan fingerprint density at radius 1 is 1.30 bits per heavy atom. The van der Waals surface area contributed by atoms with Gasteiger partial charge in [0.15, 0.2) is 17.5 Å². The summed E-state index contributed by atoms with van der Waals surface area (Å²) in [5.41, 5.74) is 0. The first kappa shape index (κ1) is 20.9. The highest BCUT2D eigenvalue weighted by Gasteiger charge is 2.28. The molecule has 1 aromatic carbocycles. The van der Waals surface area contributed by atoms with Crippen molar-refractivity contribution in [1.29, 1.82) is 0 Å². The van der Waals surface area contributed by atoms with Crippen LogP contribution in [0.5, 0.6) is 11.5 Å². The molecule has 1 aliphatic heterocycles. The summed E-state index contributed by atoms with van der Waals surface area (Å²) in [7, 11) is 3.37. The topological polar surface area (TPSA) is 75.2 Å². The molecule has 0 bridgehead atoms. The lowest BCUT2D eigenvalue weighted by Crippen LogP contribution is -2.47. The first-order valence-electron chi connectivity index (χ1n) is 9.50. The SMILES string of the molecule is CN=C(NCC(C)Oc1ccccc1OC)NC1CCN(C(=O)C(C)C)C1. The second-order valence-electron chi connectivity index (χ2n) is 7.10. The second-order valence-corrected chi connectivity index (χ2v) is 7.10. The van der Waals surface area contributed by atoms with Gasteiger partial charge in [0.25, 0.3) is 0 Å².